The van der Waals surface area contributed by atoms with E-state index in [-0.39, 0.29) is 6.04 Å². The van der Waals surface area contributed by atoms with Crippen molar-refractivity contribution in [3.8, 4) is 0 Å². The van der Waals surface area contributed by atoms with E-state index in [2.05, 4.69) is 58.5 Å². The minimum Gasteiger partial charge on any atom is -0.423 e. The van der Waals surface area contributed by atoms with Gasteiger partial charge >= 0.3 is 0 Å². The van der Waals surface area contributed by atoms with Gasteiger partial charge in [-0.3, -0.25) is 0 Å². The van der Waals surface area contributed by atoms with Crippen molar-refractivity contribution in [2.75, 3.05) is 5.32 Å². The summed E-state index contributed by atoms with van der Waals surface area (Å²) in [6.07, 6.45) is 5.57. The van der Waals surface area contributed by atoms with Gasteiger partial charge in [-0.1, -0.05) is 51.0 Å². The fourth-order valence-electron chi connectivity index (χ4n) is 3.55. The first-order valence-corrected chi connectivity index (χ1v) is 9.35. The van der Waals surface area contributed by atoms with Gasteiger partial charge in [0.25, 0.3) is 6.01 Å². The molecule has 138 valence electrons. The molecule has 0 aliphatic carbocycles. The lowest BCUT2D eigenvalue weighted by atomic mass is 9.89. The van der Waals surface area contributed by atoms with Crippen LogP contribution in [0.1, 0.15) is 38.3 Å². The minimum absolute atomic E-state index is 0.181. The molecule has 0 aliphatic heterocycles. The quantitative estimate of drug-likeness (QED) is 0.491. The van der Waals surface area contributed by atoms with Crippen molar-refractivity contribution in [3.05, 3.63) is 66.7 Å². The van der Waals surface area contributed by atoms with Gasteiger partial charge in [0.05, 0.1) is 6.04 Å². The van der Waals surface area contributed by atoms with Gasteiger partial charge in [-0.15, -0.1) is 0 Å². The summed E-state index contributed by atoms with van der Waals surface area (Å²) in [5.41, 5.74) is 3.78. The number of nitrogens with zero attached hydrogens (tertiary/aromatic N) is 4. The summed E-state index contributed by atoms with van der Waals surface area (Å²) in [6.45, 7) is 4.45. The maximum atomic E-state index is 5.74. The molecule has 0 saturated carbocycles. The van der Waals surface area contributed by atoms with E-state index >= 15 is 0 Å². The van der Waals surface area contributed by atoms with Crippen LogP contribution in [0.3, 0.4) is 0 Å². The molecule has 6 heteroatoms. The van der Waals surface area contributed by atoms with Crippen LogP contribution in [0.4, 0.5) is 11.7 Å². The Hall–Kier alpha value is -3.15. The molecule has 4 rings (SSSR count). The van der Waals surface area contributed by atoms with Crippen LogP contribution in [-0.4, -0.2) is 19.7 Å². The number of rotatable bonds is 7. The number of hydrogen-bond acceptors (Lipinski definition) is 5. The largest absolute Gasteiger partial charge is 0.423 e. The van der Waals surface area contributed by atoms with Gasteiger partial charge in [-0.25, -0.2) is 9.67 Å². The van der Waals surface area contributed by atoms with Crippen LogP contribution in [0, 0.1) is 5.92 Å². The molecule has 27 heavy (non-hydrogen) atoms. The van der Waals surface area contributed by atoms with E-state index in [1.165, 1.54) is 5.56 Å². The predicted molar refractivity (Wildman–Crippen MR) is 106 cm³/mol. The van der Waals surface area contributed by atoms with Gasteiger partial charge in [0.15, 0.2) is 5.58 Å². The molecule has 6 nitrogen and oxygen atoms in total. The Bertz CT molecular complexity index is 954. The zero-order chi connectivity index (χ0) is 18.6. The van der Waals surface area contributed by atoms with Crippen molar-refractivity contribution in [1.29, 1.82) is 0 Å². The number of oxazole rings is 1. The highest BCUT2D eigenvalue weighted by atomic mass is 16.4. The number of aromatic nitrogens is 4. The smallest absolute Gasteiger partial charge is 0.300 e. The van der Waals surface area contributed by atoms with Crippen LogP contribution in [0.15, 0.2) is 65.6 Å². The molecule has 2 heterocycles. The molecule has 2 aromatic carbocycles. The molecular formula is C21H23N5O. The van der Waals surface area contributed by atoms with Crippen LogP contribution in [0.5, 0.6) is 0 Å². The topological polar surface area (TPSA) is 68.8 Å². The Kier molecular flexibility index (Phi) is 4.87. The monoisotopic (exact) mass is 361 g/mol. The highest BCUT2D eigenvalue weighted by Crippen LogP contribution is 2.31. The number of fused-ring (bicyclic) bond motifs is 1. The zero-order valence-corrected chi connectivity index (χ0v) is 15.5. The first kappa shape index (κ1) is 17.3. The second-order valence-corrected chi connectivity index (χ2v) is 6.63. The fourth-order valence-corrected chi connectivity index (χ4v) is 3.55. The summed E-state index contributed by atoms with van der Waals surface area (Å²) in [5, 5.41) is 7.63. The van der Waals surface area contributed by atoms with E-state index in [0.717, 1.165) is 29.6 Å². The number of para-hydroxylation sites is 2. The molecule has 0 amide bonds. The van der Waals surface area contributed by atoms with E-state index in [4.69, 9.17) is 4.42 Å². The average Bonchev–Trinajstić information content (AvgIpc) is 3.36. The first-order chi connectivity index (χ1) is 13.3. The molecule has 1 unspecified atom stereocenters. The van der Waals surface area contributed by atoms with Gasteiger partial charge in [0.2, 0.25) is 0 Å². The van der Waals surface area contributed by atoms with Crippen molar-refractivity contribution in [2.45, 2.75) is 32.7 Å². The first-order valence-electron chi connectivity index (χ1n) is 9.35. The van der Waals surface area contributed by atoms with Crippen molar-refractivity contribution in [3.63, 3.8) is 0 Å². The van der Waals surface area contributed by atoms with E-state index in [1.54, 1.807) is 12.7 Å². The van der Waals surface area contributed by atoms with Crippen LogP contribution in [0.2, 0.25) is 0 Å². The Labute approximate surface area is 158 Å². The molecular weight excluding hydrogens is 338 g/mol. The van der Waals surface area contributed by atoms with Crippen LogP contribution >= 0.6 is 0 Å². The summed E-state index contributed by atoms with van der Waals surface area (Å²) >= 11 is 0. The summed E-state index contributed by atoms with van der Waals surface area (Å²) in [5.74, 6) is 0.502. The standard InChI is InChI=1S/C21H23N5O/c1-3-15(4-2)20(26-14-22-13-23-26)16-9-11-17(12-10-16)24-21-25-18-7-5-6-8-19(18)27-21/h5-15,20H,3-4H2,1-2H3,(H,24,25). The molecule has 0 bridgehead atoms. The zero-order valence-electron chi connectivity index (χ0n) is 15.5. The minimum atomic E-state index is 0.181. The van der Waals surface area contributed by atoms with Gasteiger partial charge in [0, 0.05) is 5.69 Å². The normalized spacial score (nSPS) is 12.6. The molecule has 1 N–H and O–H groups in total. The molecule has 2 aromatic heterocycles. The number of benzene rings is 2. The fraction of sp³-hybridized carbons (Fsp3) is 0.286. The lowest BCUT2D eigenvalue weighted by molar-refractivity contribution is 0.332. The van der Waals surface area contributed by atoms with E-state index < -0.39 is 0 Å². The number of nitrogens with one attached hydrogen (secondary N) is 1. The average molecular weight is 361 g/mol. The third-order valence-electron chi connectivity index (χ3n) is 5.01. The SMILES string of the molecule is CCC(CC)C(c1ccc(Nc2nc3ccccc3o2)cc1)n1cncn1. The van der Waals surface area contributed by atoms with E-state index in [0.29, 0.717) is 11.9 Å². The second kappa shape index (κ2) is 7.61. The highest BCUT2D eigenvalue weighted by Gasteiger charge is 2.23. The van der Waals surface area contributed by atoms with Crippen LogP contribution in [-0.2, 0) is 0 Å². The number of anilines is 2. The lowest BCUT2D eigenvalue weighted by Gasteiger charge is -2.26. The molecule has 1 atom stereocenters. The highest BCUT2D eigenvalue weighted by molar-refractivity contribution is 5.75. The van der Waals surface area contributed by atoms with Gasteiger partial charge in [-0.05, 0) is 35.7 Å². The van der Waals surface area contributed by atoms with Crippen LogP contribution in [0.25, 0.3) is 11.1 Å². The Morgan fingerprint density at radius 1 is 1.04 bits per heavy atom. The van der Waals surface area contributed by atoms with Crippen molar-refractivity contribution in [1.82, 2.24) is 19.7 Å². The molecule has 0 saturated heterocycles. The lowest BCUT2D eigenvalue weighted by Crippen LogP contribution is -2.20. The van der Waals surface area contributed by atoms with Crippen molar-refractivity contribution >= 4 is 22.8 Å². The third-order valence-corrected chi connectivity index (χ3v) is 5.01. The Morgan fingerprint density at radius 3 is 2.48 bits per heavy atom. The third kappa shape index (κ3) is 3.56. The summed E-state index contributed by atoms with van der Waals surface area (Å²) in [6, 6.07) is 16.8. The van der Waals surface area contributed by atoms with Crippen LogP contribution < -0.4 is 5.32 Å². The van der Waals surface area contributed by atoms with Gasteiger partial charge in [-0.2, -0.15) is 10.1 Å². The predicted octanol–water partition coefficient (Wildman–Crippen LogP) is 5.19. The Morgan fingerprint density at radius 2 is 1.81 bits per heavy atom. The molecule has 0 radical (unpaired) electrons. The van der Waals surface area contributed by atoms with Gasteiger partial charge < -0.3 is 9.73 Å². The summed E-state index contributed by atoms with van der Waals surface area (Å²) in [7, 11) is 0. The van der Waals surface area contributed by atoms with E-state index in [9.17, 15) is 0 Å². The summed E-state index contributed by atoms with van der Waals surface area (Å²) < 4.78 is 7.70. The molecule has 0 spiro atoms. The maximum Gasteiger partial charge on any atom is 0.300 e. The number of hydrogen-bond donors (Lipinski definition) is 1. The van der Waals surface area contributed by atoms with Crippen molar-refractivity contribution < 1.29 is 4.42 Å². The molecule has 0 fully saturated rings. The van der Waals surface area contributed by atoms with Crippen molar-refractivity contribution in [2.24, 2.45) is 5.92 Å². The molecule has 0 aliphatic rings. The molecule has 4 aromatic rings. The maximum absolute atomic E-state index is 5.74. The second-order valence-electron chi connectivity index (χ2n) is 6.63. The Balaban J connectivity index is 1.58. The summed E-state index contributed by atoms with van der Waals surface area (Å²) in [4.78, 5) is 8.59. The van der Waals surface area contributed by atoms with E-state index in [1.807, 2.05) is 28.9 Å². The van der Waals surface area contributed by atoms with Gasteiger partial charge in [0.1, 0.15) is 18.2 Å².